The van der Waals surface area contributed by atoms with E-state index in [4.69, 9.17) is 16.3 Å². The Morgan fingerprint density at radius 2 is 1.94 bits per heavy atom. The van der Waals surface area contributed by atoms with Gasteiger partial charge in [0, 0.05) is 16.3 Å². The van der Waals surface area contributed by atoms with Gasteiger partial charge in [0.1, 0.15) is 5.75 Å². The summed E-state index contributed by atoms with van der Waals surface area (Å²) >= 11 is 7.39. The van der Waals surface area contributed by atoms with E-state index in [1.807, 2.05) is 61.5 Å². The van der Waals surface area contributed by atoms with Gasteiger partial charge in [-0.15, -0.1) is 0 Å². The smallest absolute Gasteiger partial charge is 0.264 e. The van der Waals surface area contributed by atoms with Gasteiger partial charge in [-0.05, 0) is 72.8 Å². The standard InChI is InChI=1S/C25H20ClN3O3S/c1-16-6-5-9-20(12-16)27-23(30)15-32-21-11-10-18(26)13-17(21)14-22-24(31)29-25(33-22)28-19-7-3-2-4-8-19/h2-14H,15H2,1H3,(H,27,30)(H,28,29,31). The van der Waals surface area contributed by atoms with Gasteiger partial charge in [-0.3, -0.25) is 9.59 Å². The number of anilines is 1. The van der Waals surface area contributed by atoms with E-state index < -0.39 is 0 Å². The zero-order valence-electron chi connectivity index (χ0n) is 17.7. The topological polar surface area (TPSA) is 79.8 Å². The third kappa shape index (κ3) is 6.25. The summed E-state index contributed by atoms with van der Waals surface area (Å²) in [5.74, 6) is -0.120. The molecule has 6 nitrogen and oxygen atoms in total. The number of rotatable bonds is 6. The van der Waals surface area contributed by atoms with Gasteiger partial charge in [0.05, 0.1) is 10.6 Å². The first-order valence-electron chi connectivity index (χ1n) is 10.1. The van der Waals surface area contributed by atoms with E-state index in [2.05, 4.69) is 15.6 Å². The minimum absolute atomic E-state index is 0.189. The number of thioether (sulfide) groups is 1. The molecule has 0 saturated carbocycles. The van der Waals surface area contributed by atoms with E-state index >= 15 is 0 Å². The molecule has 2 amide bonds. The maximum Gasteiger partial charge on any atom is 0.264 e. The van der Waals surface area contributed by atoms with Crippen molar-refractivity contribution in [3.63, 3.8) is 0 Å². The molecular formula is C25H20ClN3O3S. The van der Waals surface area contributed by atoms with Gasteiger partial charge >= 0.3 is 0 Å². The first kappa shape index (κ1) is 22.6. The average Bonchev–Trinajstić information content (AvgIpc) is 3.12. The SMILES string of the molecule is Cc1cccc(NC(=O)COc2ccc(Cl)cc2C=C2SC(=Nc3ccccc3)NC2=O)c1. The predicted molar refractivity (Wildman–Crippen MR) is 134 cm³/mol. The van der Waals surface area contributed by atoms with Crippen LogP contribution in [0, 0.1) is 6.92 Å². The van der Waals surface area contributed by atoms with Crippen LogP contribution in [0.5, 0.6) is 5.75 Å². The minimum Gasteiger partial charge on any atom is -0.483 e. The van der Waals surface area contributed by atoms with Gasteiger partial charge in [0.25, 0.3) is 11.8 Å². The van der Waals surface area contributed by atoms with E-state index in [0.717, 1.165) is 11.3 Å². The fraction of sp³-hybridized carbons (Fsp3) is 0.0800. The predicted octanol–water partition coefficient (Wildman–Crippen LogP) is 5.56. The van der Waals surface area contributed by atoms with Gasteiger partial charge in [-0.25, -0.2) is 4.99 Å². The molecule has 0 radical (unpaired) electrons. The molecule has 0 unspecified atom stereocenters. The number of ether oxygens (including phenoxy) is 1. The van der Waals surface area contributed by atoms with Crippen molar-refractivity contribution in [2.75, 3.05) is 11.9 Å². The van der Waals surface area contributed by atoms with Crippen molar-refractivity contribution >= 4 is 57.8 Å². The van der Waals surface area contributed by atoms with Crippen LogP contribution in [0.1, 0.15) is 11.1 Å². The molecule has 0 atom stereocenters. The second-order valence-electron chi connectivity index (χ2n) is 7.21. The van der Waals surface area contributed by atoms with Crippen LogP contribution in [-0.2, 0) is 9.59 Å². The molecule has 1 fully saturated rings. The fourth-order valence-electron chi connectivity index (χ4n) is 3.07. The largest absolute Gasteiger partial charge is 0.483 e. The lowest BCUT2D eigenvalue weighted by molar-refractivity contribution is -0.118. The number of carbonyl (C=O) groups is 2. The number of amides is 2. The van der Waals surface area contributed by atoms with Crippen molar-refractivity contribution in [2.24, 2.45) is 4.99 Å². The normalized spacial score (nSPS) is 15.5. The Morgan fingerprint density at radius 3 is 2.73 bits per heavy atom. The number of amidine groups is 1. The third-order valence-corrected chi connectivity index (χ3v) is 5.70. The summed E-state index contributed by atoms with van der Waals surface area (Å²) in [6.45, 7) is 1.76. The number of benzene rings is 3. The molecule has 1 aliphatic heterocycles. The van der Waals surface area contributed by atoms with Crippen LogP contribution in [0.25, 0.3) is 6.08 Å². The maximum absolute atomic E-state index is 12.5. The number of aliphatic imine (C=N–C) groups is 1. The Balaban J connectivity index is 1.47. The molecule has 8 heteroatoms. The number of hydrogen-bond donors (Lipinski definition) is 2. The number of aryl methyl sites for hydroxylation is 1. The van der Waals surface area contributed by atoms with Gasteiger partial charge in [-0.1, -0.05) is 41.9 Å². The molecule has 1 saturated heterocycles. The Morgan fingerprint density at radius 1 is 1.12 bits per heavy atom. The summed E-state index contributed by atoms with van der Waals surface area (Å²) in [5, 5.41) is 6.53. The molecule has 1 heterocycles. The first-order chi connectivity index (χ1) is 16.0. The highest BCUT2D eigenvalue weighted by Crippen LogP contribution is 2.32. The van der Waals surface area contributed by atoms with Gasteiger partial charge in [0.15, 0.2) is 11.8 Å². The highest BCUT2D eigenvalue weighted by molar-refractivity contribution is 8.18. The van der Waals surface area contributed by atoms with Crippen molar-refractivity contribution in [3.05, 3.63) is 93.9 Å². The monoisotopic (exact) mass is 477 g/mol. The summed E-state index contributed by atoms with van der Waals surface area (Å²) in [6, 6.07) is 21.9. The third-order valence-electron chi connectivity index (χ3n) is 4.56. The molecule has 4 rings (SSSR count). The van der Waals surface area contributed by atoms with Gasteiger partial charge < -0.3 is 15.4 Å². The molecule has 0 bridgehead atoms. The molecule has 3 aromatic rings. The van der Waals surface area contributed by atoms with Crippen LogP contribution in [0.4, 0.5) is 11.4 Å². The molecule has 166 valence electrons. The second-order valence-corrected chi connectivity index (χ2v) is 8.67. The highest BCUT2D eigenvalue weighted by atomic mass is 35.5. The molecule has 3 aromatic carbocycles. The second kappa shape index (κ2) is 10.4. The molecule has 0 aromatic heterocycles. The number of halogens is 1. The van der Waals surface area contributed by atoms with Gasteiger partial charge in [-0.2, -0.15) is 0 Å². The zero-order chi connectivity index (χ0) is 23.2. The summed E-state index contributed by atoms with van der Waals surface area (Å²) in [5.41, 5.74) is 3.08. The summed E-state index contributed by atoms with van der Waals surface area (Å²) in [6.07, 6.45) is 1.67. The molecule has 33 heavy (non-hydrogen) atoms. The first-order valence-corrected chi connectivity index (χ1v) is 11.3. The Bertz CT molecular complexity index is 1260. The van der Waals surface area contributed by atoms with E-state index in [1.165, 1.54) is 11.8 Å². The van der Waals surface area contributed by atoms with E-state index in [9.17, 15) is 9.59 Å². The van der Waals surface area contributed by atoms with Crippen LogP contribution in [0.2, 0.25) is 5.02 Å². The average molecular weight is 478 g/mol. The highest BCUT2D eigenvalue weighted by Gasteiger charge is 2.24. The molecule has 2 N–H and O–H groups in total. The number of nitrogens with one attached hydrogen (secondary N) is 2. The van der Waals surface area contributed by atoms with E-state index in [1.54, 1.807) is 24.3 Å². The maximum atomic E-state index is 12.5. The summed E-state index contributed by atoms with van der Waals surface area (Å²) in [4.78, 5) is 29.7. The summed E-state index contributed by atoms with van der Waals surface area (Å²) < 4.78 is 5.74. The number of carbonyl (C=O) groups excluding carboxylic acids is 2. The van der Waals surface area contributed by atoms with E-state index in [0.29, 0.717) is 32.1 Å². The van der Waals surface area contributed by atoms with Crippen LogP contribution >= 0.6 is 23.4 Å². The molecule has 0 spiro atoms. The van der Waals surface area contributed by atoms with Crippen LogP contribution in [0.15, 0.2) is 82.7 Å². The van der Waals surface area contributed by atoms with Crippen LogP contribution < -0.4 is 15.4 Å². The number of hydrogen-bond acceptors (Lipinski definition) is 5. The van der Waals surface area contributed by atoms with Crippen molar-refractivity contribution in [2.45, 2.75) is 6.92 Å². The lowest BCUT2D eigenvalue weighted by atomic mass is 10.2. The fourth-order valence-corrected chi connectivity index (χ4v) is 4.08. The van der Waals surface area contributed by atoms with Crippen molar-refractivity contribution in [3.8, 4) is 5.75 Å². The number of para-hydroxylation sites is 1. The lowest BCUT2D eigenvalue weighted by Crippen LogP contribution is -2.20. The number of nitrogens with zero attached hydrogens (tertiary/aromatic N) is 1. The lowest BCUT2D eigenvalue weighted by Gasteiger charge is -2.11. The Kier molecular flexibility index (Phi) is 7.12. The minimum atomic E-state index is -0.292. The molecule has 1 aliphatic rings. The quantitative estimate of drug-likeness (QED) is 0.456. The zero-order valence-corrected chi connectivity index (χ0v) is 19.2. The Hall–Kier alpha value is -3.55. The van der Waals surface area contributed by atoms with Gasteiger partial charge in [0.2, 0.25) is 0 Å². The Labute approximate surface area is 200 Å². The summed E-state index contributed by atoms with van der Waals surface area (Å²) in [7, 11) is 0. The van der Waals surface area contributed by atoms with Crippen molar-refractivity contribution in [1.29, 1.82) is 0 Å². The van der Waals surface area contributed by atoms with E-state index in [-0.39, 0.29) is 18.4 Å². The molecule has 0 aliphatic carbocycles. The van der Waals surface area contributed by atoms with Crippen molar-refractivity contribution < 1.29 is 14.3 Å². The van der Waals surface area contributed by atoms with Crippen molar-refractivity contribution in [1.82, 2.24) is 5.32 Å². The molecular weight excluding hydrogens is 458 g/mol. The van der Waals surface area contributed by atoms with Crippen LogP contribution in [0.3, 0.4) is 0 Å². The van der Waals surface area contributed by atoms with Crippen LogP contribution in [-0.4, -0.2) is 23.6 Å².